The lowest BCUT2D eigenvalue weighted by atomic mass is 10.2. The molecule has 18 heavy (non-hydrogen) atoms. The SMILES string of the molecule is CCOC(=O)Cc1cnc(-c2ccc(O)cc2)s1. The highest BCUT2D eigenvalue weighted by molar-refractivity contribution is 7.15. The summed E-state index contributed by atoms with van der Waals surface area (Å²) in [5.41, 5.74) is 0.924. The van der Waals surface area contributed by atoms with Crippen LogP contribution in [0.15, 0.2) is 30.5 Å². The van der Waals surface area contributed by atoms with Crippen LogP contribution in [0.1, 0.15) is 11.8 Å². The molecular formula is C13H13NO3S. The Morgan fingerprint density at radius 1 is 1.39 bits per heavy atom. The normalized spacial score (nSPS) is 10.3. The topological polar surface area (TPSA) is 59.4 Å². The molecule has 0 aliphatic carbocycles. The zero-order valence-electron chi connectivity index (χ0n) is 9.92. The molecule has 0 spiro atoms. The molecule has 4 nitrogen and oxygen atoms in total. The summed E-state index contributed by atoms with van der Waals surface area (Å²) in [7, 11) is 0. The second-order valence-corrected chi connectivity index (χ2v) is 4.78. The molecule has 2 rings (SSSR count). The van der Waals surface area contributed by atoms with Gasteiger partial charge in [0.15, 0.2) is 0 Å². The quantitative estimate of drug-likeness (QED) is 0.861. The van der Waals surface area contributed by atoms with Gasteiger partial charge in [0.1, 0.15) is 10.8 Å². The number of aromatic hydroxyl groups is 1. The van der Waals surface area contributed by atoms with Crippen molar-refractivity contribution in [1.29, 1.82) is 0 Å². The largest absolute Gasteiger partial charge is 0.508 e. The Bertz CT molecular complexity index is 533. The molecule has 0 unspecified atom stereocenters. The van der Waals surface area contributed by atoms with E-state index in [1.54, 1.807) is 37.4 Å². The molecule has 0 radical (unpaired) electrons. The fourth-order valence-electron chi connectivity index (χ4n) is 1.48. The van der Waals surface area contributed by atoms with E-state index >= 15 is 0 Å². The summed E-state index contributed by atoms with van der Waals surface area (Å²) in [6, 6.07) is 6.81. The Balaban J connectivity index is 2.10. The van der Waals surface area contributed by atoms with E-state index in [9.17, 15) is 9.90 Å². The molecule has 0 amide bonds. The molecule has 2 aromatic rings. The minimum Gasteiger partial charge on any atom is -0.508 e. The van der Waals surface area contributed by atoms with Gasteiger partial charge >= 0.3 is 5.97 Å². The lowest BCUT2D eigenvalue weighted by Gasteiger charge is -1.98. The van der Waals surface area contributed by atoms with E-state index in [1.165, 1.54) is 11.3 Å². The zero-order chi connectivity index (χ0) is 13.0. The molecule has 1 aromatic carbocycles. The third kappa shape index (κ3) is 3.07. The summed E-state index contributed by atoms with van der Waals surface area (Å²) >= 11 is 1.45. The maximum Gasteiger partial charge on any atom is 0.311 e. The highest BCUT2D eigenvalue weighted by Crippen LogP contribution is 2.26. The first-order valence-electron chi connectivity index (χ1n) is 5.58. The van der Waals surface area contributed by atoms with Crippen LogP contribution in [0.25, 0.3) is 10.6 Å². The van der Waals surface area contributed by atoms with Gasteiger partial charge in [0.2, 0.25) is 0 Å². The number of carbonyl (C=O) groups excluding carboxylic acids is 1. The van der Waals surface area contributed by atoms with E-state index < -0.39 is 0 Å². The fourth-order valence-corrected chi connectivity index (χ4v) is 2.38. The third-order valence-corrected chi connectivity index (χ3v) is 3.34. The number of benzene rings is 1. The van der Waals surface area contributed by atoms with Crippen LogP contribution in [0.3, 0.4) is 0 Å². The van der Waals surface area contributed by atoms with Crippen molar-refractivity contribution in [2.75, 3.05) is 6.61 Å². The van der Waals surface area contributed by atoms with Gasteiger partial charge in [-0.05, 0) is 31.2 Å². The smallest absolute Gasteiger partial charge is 0.311 e. The number of carbonyl (C=O) groups is 1. The van der Waals surface area contributed by atoms with E-state index in [2.05, 4.69) is 4.98 Å². The summed E-state index contributed by atoms with van der Waals surface area (Å²) in [5, 5.41) is 10.0. The molecule has 0 saturated heterocycles. The van der Waals surface area contributed by atoms with Crippen molar-refractivity contribution in [1.82, 2.24) is 4.98 Å². The van der Waals surface area contributed by atoms with Gasteiger partial charge in [0.25, 0.3) is 0 Å². The van der Waals surface area contributed by atoms with Crippen LogP contribution in [0.4, 0.5) is 0 Å². The van der Waals surface area contributed by atoms with Crippen LogP contribution in [0.5, 0.6) is 5.75 Å². The molecule has 1 heterocycles. The van der Waals surface area contributed by atoms with Crippen LogP contribution in [0, 0.1) is 0 Å². The van der Waals surface area contributed by atoms with Crippen molar-refractivity contribution in [2.45, 2.75) is 13.3 Å². The second kappa shape index (κ2) is 5.64. The van der Waals surface area contributed by atoms with Crippen LogP contribution in [-0.2, 0) is 16.0 Å². The molecule has 5 heteroatoms. The van der Waals surface area contributed by atoms with Gasteiger partial charge in [0.05, 0.1) is 13.0 Å². The molecule has 0 aliphatic rings. The average molecular weight is 263 g/mol. The Labute approximate surface area is 109 Å². The number of esters is 1. The number of nitrogens with zero attached hydrogens (tertiary/aromatic N) is 1. The first kappa shape index (κ1) is 12.6. The van der Waals surface area contributed by atoms with Crippen LogP contribution >= 0.6 is 11.3 Å². The van der Waals surface area contributed by atoms with Gasteiger partial charge in [-0.25, -0.2) is 4.98 Å². The fraction of sp³-hybridized carbons (Fsp3) is 0.231. The maximum atomic E-state index is 11.3. The number of rotatable bonds is 4. The molecule has 0 fully saturated rings. The standard InChI is InChI=1S/C13H13NO3S/c1-2-17-12(16)7-11-8-14-13(18-11)9-3-5-10(15)6-4-9/h3-6,8,15H,2,7H2,1H3. The van der Waals surface area contributed by atoms with Gasteiger partial charge in [-0.1, -0.05) is 0 Å². The van der Waals surface area contributed by atoms with Gasteiger partial charge in [-0.2, -0.15) is 0 Å². The van der Waals surface area contributed by atoms with Gasteiger partial charge in [-0.3, -0.25) is 4.79 Å². The summed E-state index contributed by atoms with van der Waals surface area (Å²) in [6.45, 7) is 2.18. The molecule has 1 aromatic heterocycles. The first-order chi connectivity index (χ1) is 8.69. The van der Waals surface area contributed by atoms with Gasteiger partial charge < -0.3 is 9.84 Å². The summed E-state index contributed by atoms with van der Waals surface area (Å²) in [5.74, 6) is -0.0135. The number of hydrogen-bond acceptors (Lipinski definition) is 5. The van der Waals surface area contributed by atoms with Crippen molar-refractivity contribution >= 4 is 17.3 Å². The van der Waals surface area contributed by atoms with Gasteiger partial charge in [0, 0.05) is 16.6 Å². The van der Waals surface area contributed by atoms with Crippen molar-refractivity contribution < 1.29 is 14.6 Å². The van der Waals surface area contributed by atoms with E-state index in [-0.39, 0.29) is 18.1 Å². The van der Waals surface area contributed by atoms with Crippen molar-refractivity contribution in [2.24, 2.45) is 0 Å². The molecule has 0 saturated carbocycles. The van der Waals surface area contributed by atoms with E-state index in [0.717, 1.165) is 15.4 Å². The predicted molar refractivity (Wildman–Crippen MR) is 69.6 cm³/mol. The number of hydrogen-bond donors (Lipinski definition) is 1. The van der Waals surface area contributed by atoms with Crippen molar-refractivity contribution in [3.05, 3.63) is 35.3 Å². The van der Waals surface area contributed by atoms with Crippen LogP contribution < -0.4 is 0 Å². The average Bonchev–Trinajstić information content (AvgIpc) is 2.78. The minimum absolute atomic E-state index is 0.224. The summed E-state index contributed by atoms with van der Waals surface area (Å²) in [4.78, 5) is 16.5. The predicted octanol–water partition coefficient (Wildman–Crippen LogP) is 2.62. The Kier molecular flexibility index (Phi) is 3.94. The number of ether oxygens (including phenoxy) is 1. The van der Waals surface area contributed by atoms with E-state index in [1.807, 2.05) is 0 Å². The highest BCUT2D eigenvalue weighted by Gasteiger charge is 2.09. The Hall–Kier alpha value is -1.88. The lowest BCUT2D eigenvalue weighted by Crippen LogP contribution is -2.06. The minimum atomic E-state index is -0.238. The Morgan fingerprint density at radius 3 is 2.78 bits per heavy atom. The molecule has 1 N–H and O–H groups in total. The third-order valence-electron chi connectivity index (χ3n) is 2.29. The molecule has 94 valence electrons. The lowest BCUT2D eigenvalue weighted by molar-refractivity contribution is -0.142. The second-order valence-electron chi connectivity index (χ2n) is 3.66. The van der Waals surface area contributed by atoms with Crippen LogP contribution in [-0.4, -0.2) is 22.7 Å². The summed E-state index contributed by atoms with van der Waals surface area (Å²) in [6.07, 6.45) is 1.94. The molecule has 0 atom stereocenters. The van der Waals surface area contributed by atoms with E-state index in [0.29, 0.717) is 6.61 Å². The van der Waals surface area contributed by atoms with Crippen LogP contribution in [0.2, 0.25) is 0 Å². The highest BCUT2D eigenvalue weighted by atomic mass is 32.1. The number of aromatic nitrogens is 1. The van der Waals surface area contributed by atoms with Crippen molar-refractivity contribution in [3.63, 3.8) is 0 Å². The number of thiazole rings is 1. The molecular weight excluding hydrogens is 250 g/mol. The molecule has 0 bridgehead atoms. The first-order valence-corrected chi connectivity index (χ1v) is 6.40. The van der Waals surface area contributed by atoms with E-state index in [4.69, 9.17) is 4.74 Å². The zero-order valence-corrected chi connectivity index (χ0v) is 10.7. The summed E-state index contributed by atoms with van der Waals surface area (Å²) < 4.78 is 4.88. The maximum absolute atomic E-state index is 11.3. The monoisotopic (exact) mass is 263 g/mol. The number of phenolic OH excluding ortho intramolecular Hbond substituents is 1. The van der Waals surface area contributed by atoms with Crippen molar-refractivity contribution in [3.8, 4) is 16.3 Å². The number of phenols is 1. The van der Waals surface area contributed by atoms with Gasteiger partial charge in [-0.15, -0.1) is 11.3 Å². The molecule has 0 aliphatic heterocycles. The Morgan fingerprint density at radius 2 is 2.11 bits per heavy atom.